The maximum Gasteiger partial charge on any atom is 0.120 e. The molecule has 0 N–H and O–H groups in total. The van der Waals surface area contributed by atoms with Gasteiger partial charge in [0.1, 0.15) is 5.75 Å². The van der Waals surface area contributed by atoms with Crippen LogP contribution in [0.15, 0.2) is 42.5 Å². The molecule has 12 heavy (non-hydrogen) atoms. The van der Waals surface area contributed by atoms with E-state index in [4.69, 9.17) is 4.74 Å². The fourth-order valence-corrected chi connectivity index (χ4v) is 1.30. The second kappa shape index (κ2) is 2.86. The summed E-state index contributed by atoms with van der Waals surface area (Å²) in [5.41, 5.74) is 2.44. The maximum atomic E-state index is 5.13. The van der Waals surface area contributed by atoms with Gasteiger partial charge in [-0.05, 0) is 23.3 Å². The number of hydrogen-bond donors (Lipinski definition) is 0. The molecule has 0 heterocycles. The number of rotatable bonds is 1. The first-order valence-electron chi connectivity index (χ1n) is 3.93. The Morgan fingerprint density at radius 1 is 0.917 bits per heavy atom. The second-order valence-corrected chi connectivity index (χ2v) is 2.72. The summed E-state index contributed by atoms with van der Waals surface area (Å²) in [5, 5.41) is 0. The molecule has 0 saturated carbocycles. The van der Waals surface area contributed by atoms with Crippen molar-refractivity contribution >= 4 is 0 Å². The first-order chi connectivity index (χ1) is 5.90. The van der Waals surface area contributed by atoms with Crippen LogP contribution in [-0.2, 0) is 0 Å². The van der Waals surface area contributed by atoms with Gasteiger partial charge in [0.25, 0.3) is 0 Å². The Kier molecular flexibility index (Phi) is 1.71. The Labute approximate surface area is 71.9 Å². The third kappa shape index (κ3) is 1.14. The average Bonchev–Trinajstić information content (AvgIpc) is 2.37. The molecule has 0 aromatic carbocycles. The molecule has 0 saturated heterocycles. The summed E-state index contributed by atoms with van der Waals surface area (Å²) in [5.74, 6) is 0.927. The molecule has 0 aromatic heterocycles. The van der Waals surface area contributed by atoms with Crippen LogP contribution in [0.4, 0.5) is 0 Å². The van der Waals surface area contributed by atoms with E-state index in [1.807, 2.05) is 30.3 Å². The van der Waals surface area contributed by atoms with E-state index in [0.717, 1.165) is 5.75 Å². The highest BCUT2D eigenvalue weighted by atomic mass is 16.5. The molecule has 0 aromatic rings. The Morgan fingerprint density at radius 3 is 2.00 bits per heavy atom. The van der Waals surface area contributed by atoms with Crippen molar-refractivity contribution < 1.29 is 4.74 Å². The molecule has 0 radical (unpaired) electrons. The molecule has 1 nitrogen and oxygen atoms in total. The Morgan fingerprint density at radius 2 is 1.50 bits per heavy atom. The van der Waals surface area contributed by atoms with E-state index in [0.29, 0.717) is 0 Å². The van der Waals surface area contributed by atoms with Crippen molar-refractivity contribution in [1.29, 1.82) is 0 Å². The minimum Gasteiger partial charge on any atom is -0.497 e. The van der Waals surface area contributed by atoms with Gasteiger partial charge in [-0.15, -0.1) is 0 Å². The summed E-state index contributed by atoms with van der Waals surface area (Å²) in [7, 11) is 1.69. The lowest BCUT2D eigenvalue weighted by molar-refractivity contribution is 0.416. The normalized spacial score (nSPS) is 10.1. The van der Waals surface area contributed by atoms with Gasteiger partial charge in [0.2, 0.25) is 0 Å². The van der Waals surface area contributed by atoms with Crippen LogP contribution in [0.5, 0.6) is 5.75 Å². The van der Waals surface area contributed by atoms with Gasteiger partial charge in [-0.25, -0.2) is 0 Å². The molecule has 2 rings (SSSR count). The SMILES string of the molecule is COc1cc2cccccc-2c1. The van der Waals surface area contributed by atoms with Gasteiger partial charge in [-0.3, -0.25) is 0 Å². The highest BCUT2D eigenvalue weighted by Gasteiger charge is 2.02. The molecule has 0 spiro atoms. The van der Waals surface area contributed by atoms with Crippen LogP contribution in [0.2, 0.25) is 0 Å². The van der Waals surface area contributed by atoms with Crippen LogP contribution < -0.4 is 4.74 Å². The quantitative estimate of drug-likeness (QED) is 0.620. The van der Waals surface area contributed by atoms with Crippen molar-refractivity contribution in [2.75, 3.05) is 7.11 Å². The highest BCUT2D eigenvalue weighted by Crippen LogP contribution is 2.28. The number of ether oxygens (including phenoxy) is 1. The molecular formula is C11H10O. The summed E-state index contributed by atoms with van der Waals surface area (Å²) >= 11 is 0. The number of fused-ring (bicyclic) bond motifs is 1. The molecule has 0 amide bonds. The fraction of sp³-hybridized carbons (Fsp3) is 0.0909. The van der Waals surface area contributed by atoms with Crippen molar-refractivity contribution in [2.45, 2.75) is 0 Å². The molecule has 0 fully saturated rings. The lowest BCUT2D eigenvalue weighted by Gasteiger charge is -1.88. The predicted molar refractivity (Wildman–Crippen MR) is 49.6 cm³/mol. The van der Waals surface area contributed by atoms with E-state index < -0.39 is 0 Å². The maximum absolute atomic E-state index is 5.13. The Hall–Kier alpha value is -1.50. The highest BCUT2D eigenvalue weighted by molar-refractivity contribution is 5.69. The van der Waals surface area contributed by atoms with Gasteiger partial charge in [0.15, 0.2) is 0 Å². The van der Waals surface area contributed by atoms with Crippen LogP contribution in [0, 0.1) is 0 Å². The molecule has 0 atom stereocenters. The van der Waals surface area contributed by atoms with E-state index in [2.05, 4.69) is 12.1 Å². The summed E-state index contributed by atoms with van der Waals surface area (Å²) in [6.07, 6.45) is 0. The molecule has 60 valence electrons. The fourth-order valence-electron chi connectivity index (χ4n) is 1.30. The van der Waals surface area contributed by atoms with E-state index in [9.17, 15) is 0 Å². The van der Waals surface area contributed by atoms with Crippen LogP contribution >= 0.6 is 0 Å². The molecule has 0 bridgehead atoms. The van der Waals surface area contributed by atoms with Gasteiger partial charge >= 0.3 is 0 Å². The van der Waals surface area contributed by atoms with E-state index >= 15 is 0 Å². The predicted octanol–water partition coefficient (Wildman–Crippen LogP) is 2.80. The van der Waals surface area contributed by atoms with Crippen molar-refractivity contribution in [3.63, 3.8) is 0 Å². The Balaban J connectivity index is 2.61. The number of hydrogen-bond acceptors (Lipinski definition) is 1. The largest absolute Gasteiger partial charge is 0.497 e. The molecule has 0 aliphatic heterocycles. The first kappa shape index (κ1) is 7.17. The van der Waals surface area contributed by atoms with Gasteiger partial charge in [-0.1, -0.05) is 30.3 Å². The van der Waals surface area contributed by atoms with E-state index in [1.54, 1.807) is 7.11 Å². The zero-order valence-corrected chi connectivity index (χ0v) is 6.95. The molecular weight excluding hydrogens is 148 g/mol. The molecule has 1 heteroatoms. The summed E-state index contributed by atoms with van der Waals surface area (Å²) < 4.78 is 5.13. The van der Waals surface area contributed by atoms with Gasteiger partial charge in [-0.2, -0.15) is 0 Å². The topological polar surface area (TPSA) is 9.23 Å². The number of methoxy groups -OCH3 is 1. The smallest absolute Gasteiger partial charge is 0.120 e. The van der Waals surface area contributed by atoms with Crippen molar-refractivity contribution in [3.05, 3.63) is 42.5 Å². The zero-order chi connectivity index (χ0) is 8.39. The van der Waals surface area contributed by atoms with Crippen LogP contribution in [0.1, 0.15) is 0 Å². The summed E-state index contributed by atoms with van der Waals surface area (Å²) in [4.78, 5) is 0. The van der Waals surface area contributed by atoms with Crippen molar-refractivity contribution in [3.8, 4) is 16.9 Å². The third-order valence-electron chi connectivity index (χ3n) is 1.94. The molecule has 0 unspecified atom stereocenters. The van der Waals surface area contributed by atoms with E-state index in [1.165, 1.54) is 11.1 Å². The van der Waals surface area contributed by atoms with Gasteiger partial charge in [0.05, 0.1) is 7.11 Å². The third-order valence-corrected chi connectivity index (χ3v) is 1.94. The average molecular weight is 158 g/mol. The Bertz CT molecular complexity index is 323. The molecule has 2 aliphatic rings. The zero-order valence-electron chi connectivity index (χ0n) is 6.95. The van der Waals surface area contributed by atoms with E-state index in [-0.39, 0.29) is 0 Å². The van der Waals surface area contributed by atoms with Crippen molar-refractivity contribution in [1.82, 2.24) is 0 Å². The summed E-state index contributed by atoms with van der Waals surface area (Å²) in [6.45, 7) is 0. The molecule has 2 aliphatic carbocycles. The summed E-state index contributed by atoms with van der Waals surface area (Å²) in [6, 6.07) is 14.3. The van der Waals surface area contributed by atoms with Gasteiger partial charge < -0.3 is 4.74 Å². The lowest BCUT2D eigenvalue weighted by atomic mass is 10.2. The first-order valence-corrected chi connectivity index (χ1v) is 3.93. The second-order valence-electron chi connectivity index (χ2n) is 2.72. The van der Waals surface area contributed by atoms with Crippen LogP contribution in [-0.4, -0.2) is 7.11 Å². The monoisotopic (exact) mass is 158 g/mol. The van der Waals surface area contributed by atoms with Crippen LogP contribution in [0.25, 0.3) is 11.1 Å². The standard InChI is InChI=1S/C11H10O/c1-12-11-7-9-5-3-2-4-6-10(9)8-11/h2-8H,1H3. The lowest BCUT2D eigenvalue weighted by Crippen LogP contribution is -1.74. The van der Waals surface area contributed by atoms with Gasteiger partial charge in [0, 0.05) is 0 Å². The van der Waals surface area contributed by atoms with Crippen LogP contribution in [0.3, 0.4) is 0 Å². The minimum absolute atomic E-state index is 0.927. The van der Waals surface area contributed by atoms with Crippen molar-refractivity contribution in [2.24, 2.45) is 0 Å². The minimum atomic E-state index is 0.927.